The van der Waals surface area contributed by atoms with Crippen molar-refractivity contribution in [3.8, 4) is 0 Å². The zero-order valence-corrected chi connectivity index (χ0v) is 9.58. The molecular weight excluding hydrogens is 263 g/mol. The van der Waals surface area contributed by atoms with Crippen molar-refractivity contribution < 1.29 is 9.18 Å². The number of hydrogen-bond donors (Lipinski definition) is 0. The van der Waals surface area contributed by atoms with Gasteiger partial charge in [0.2, 0.25) is 5.91 Å². The number of amides is 1. The van der Waals surface area contributed by atoms with Crippen molar-refractivity contribution in [2.75, 3.05) is 7.05 Å². The molecule has 1 heterocycles. The molecule has 1 aliphatic heterocycles. The van der Waals surface area contributed by atoms with Crippen LogP contribution in [-0.2, 0) is 4.79 Å². The van der Waals surface area contributed by atoms with Crippen molar-refractivity contribution in [1.29, 1.82) is 0 Å². The van der Waals surface area contributed by atoms with Gasteiger partial charge in [-0.15, -0.1) is 0 Å². The first kappa shape index (κ1) is 10.3. The Bertz CT molecular complexity index is 459. The van der Waals surface area contributed by atoms with Crippen LogP contribution in [0.5, 0.6) is 0 Å². The van der Waals surface area contributed by atoms with Gasteiger partial charge in [0.15, 0.2) is 0 Å². The van der Waals surface area contributed by atoms with E-state index in [0.29, 0.717) is 10.2 Å². The summed E-state index contributed by atoms with van der Waals surface area (Å²) in [6.07, 6.45) is 0.272. The SMILES string of the molecule is CN1N=C(c2ccc(F)c(Br)c2)CC1=O. The molecule has 0 radical (unpaired) electrons. The van der Waals surface area contributed by atoms with Gasteiger partial charge in [0.25, 0.3) is 0 Å². The Labute approximate surface area is 94.7 Å². The molecule has 0 bridgehead atoms. The second-order valence-electron chi connectivity index (χ2n) is 3.27. The molecule has 2 rings (SSSR count). The van der Waals surface area contributed by atoms with Crippen LogP contribution in [0.15, 0.2) is 27.8 Å². The molecule has 1 aromatic rings. The van der Waals surface area contributed by atoms with E-state index in [4.69, 9.17) is 0 Å². The normalized spacial score (nSPS) is 15.8. The topological polar surface area (TPSA) is 32.7 Å². The van der Waals surface area contributed by atoms with Crippen LogP contribution in [0.1, 0.15) is 12.0 Å². The minimum absolute atomic E-state index is 0.0505. The predicted molar refractivity (Wildman–Crippen MR) is 58.0 cm³/mol. The summed E-state index contributed by atoms with van der Waals surface area (Å²) in [5, 5.41) is 5.37. The maximum Gasteiger partial charge on any atom is 0.248 e. The summed E-state index contributed by atoms with van der Waals surface area (Å²) in [4.78, 5) is 11.2. The van der Waals surface area contributed by atoms with Gasteiger partial charge in [-0.3, -0.25) is 4.79 Å². The lowest BCUT2D eigenvalue weighted by Gasteiger charge is -2.00. The van der Waals surface area contributed by atoms with Crippen molar-refractivity contribution in [1.82, 2.24) is 5.01 Å². The van der Waals surface area contributed by atoms with Gasteiger partial charge in [-0.1, -0.05) is 6.07 Å². The summed E-state index contributed by atoms with van der Waals surface area (Å²) < 4.78 is 13.4. The van der Waals surface area contributed by atoms with Gasteiger partial charge in [-0.2, -0.15) is 5.10 Å². The number of hydrogen-bond acceptors (Lipinski definition) is 2. The fraction of sp³-hybridized carbons (Fsp3) is 0.200. The predicted octanol–water partition coefficient (Wildman–Crippen LogP) is 2.15. The van der Waals surface area contributed by atoms with Crippen LogP contribution in [0.25, 0.3) is 0 Å². The van der Waals surface area contributed by atoms with Gasteiger partial charge < -0.3 is 0 Å². The molecule has 15 heavy (non-hydrogen) atoms. The molecule has 0 unspecified atom stereocenters. The molecule has 1 aliphatic rings. The molecule has 1 amide bonds. The van der Waals surface area contributed by atoms with Gasteiger partial charge in [-0.25, -0.2) is 9.40 Å². The number of nitrogens with zero attached hydrogens (tertiary/aromatic N) is 2. The molecule has 0 spiro atoms. The number of benzene rings is 1. The molecular formula is C10H8BrFN2O. The number of carbonyl (C=O) groups is 1. The third-order valence-corrected chi connectivity index (χ3v) is 2.81. The largest absolute Gasteiger partial charge is 0.273 e. The van der Waals surface area contributed by atoms with Crippen LogP contribution in [0, 0.1) is 5.82 Å². The van der Waals surface area contributed by atoms with Crippen LogP contribution < -0.4 is 0 Å². The summed E-state index contributed by atoms with van der Waals surface area (Å²) in [6.45, 7) is 0. The highest BCUT2D eigenvalue weighted by Gasteiger charge is 2.21. The highest BCUT2D eigenvalue weighted by atomic mass is 79.9. The number of rotatable bonds is 1. The Kier molecular flexibility index (Phi) is 2.56. The average molecular weight is 271 g/mol. The second kappa shape index (κ2) is 3.73. The Morgan fingerprint density at radius 2 is 2.27 bits per heavy atom. The van der Waals surface area contributed by atoms with Gasteiger partial charge >= 0.3 is 0 Å². The van der Waals surface area contributed by atoms with E-state index < -0.39 is 0 Å². The molecule has 0 atom stereocenters. The summed E-state index contributed by atoms with van der Waals surface area (Å²) >= 11 is 3.09. The van der Waals surface area contributed by atoms with Crippen LogP contribution in [0.4, 0.5) is 4.39 Å². The third-order valence-electron chi connectivity index (χ3n) is 2.20. The van der Waals surface area contributed by atoms with Gasteiger partial charge in [-0.05, 0) is 33.6 Å². The lowest BCUT2D eigenvalue weighted by atomic mass is 10.1. The van der Waals surface area contributed by atoms with Crippen molar-refractivity contribution in [3.63, 3.8) is 0 Å². The van der Waals surface area contributed by atoms with Gasteiger partial charge in [0, 0.05) is 7.05 Å². The van der Waals surface area contributed by atoms with Crippen LogP contribution in [-0.4, -0.2) is 23.7 Å². The highest BCUT2D eigenvalue weighted by Crippen LogP contribution is 2.20. The molecule has 3 nitrogen and oxygen atoms in total. The van der Waals surface area contributed by atoms with E-state index >= 15 is 0 Å². The van der Waals surface area contributed by atoms with E-state index in [1.807, 2.05) is 0 Å². The van der Waals surface area contributed by atoms with Gasteiger partial charge in [0.05, 0.1) is 16.6 Å². The van der Waals surface area contributed by atoms with Gasteiger partial charge in [0.1, 0.15) is 5.82 Å². The quantitative estimate of drug-likeness (QED) is 0.770. The first-order valence-electron chi connectivity index (χ1n) is 4.37. The summed E-state index contributed by atoms with van der Waals surface area (Å²) in [7, 11) is 1.61. The van der Waals surface area contributed by atoms with Crippen LogP contribution in [0.3, 0.4) is 0 Å². The molecule has 0 N–H and O–H groups in total. The third kappa shape index (κ3) is 1.92. The standard InChI is InChI=1S/C10H8BrFN2O/c1-14-10(15)5-9(13-14)6-2-3-8(12)7(11)4-6/h2-4H,5H2,1H3. The molecule has 78 valence electrons. The van der Waals surface area contributed by atoms with Crippen molar-refractivity contribution in [2.45, 2.75) is 6.42 Å². The molecule has 0 aromatic heterocycles. The minimum Gasteiger partial charge on any atom is -0.273 e. The molecule has 1 aromatic carbocycles. The fourth-order valence-corrected chi connectivity index (χ4v) is 1.74. The Balaban J connectivity index is 2.35. The Morgan fingerprint density at radius 3 is 2.80 bits per heavy atom. The maximum absolute atomic E-state index is 13.0. The van der Waals surface area contributed by atoms with E-state index in [1.165, 1.54) is 11.1 Å². The van der Waals surface area contributed by atoms with Crippen LogP contribution in [0.2, 0.25) is 0 Å². The van der Waals surface area contributed by atoms with E-state index in [1.54, 1.807) is 19.2 Å². The van der Waals surface area contributed by atoms with Crippen LogP contribution >= 0.6 is 15.9 Å². The lowest BCUT2D eigenvalue weighted by molar-refractivity contribution is -0.127. The number of carbonyl (C=O) groups excluding carboxylic acids is 1. The monoisotopic (exact) mass is 270 g/mol. The molecule has 0 saturated heterocycles. The fourth-order valence-electron chi connectivity index (χ4n) is 1.37. The maximum atomic E-state index is 13.0. The molecule has 0 saturated carbocycles. The Morgan fingerprint density at radius 1 is 1.53 bits per heavy atom. The number of halogens is 2. The van der Waals surface area contributed by atoms with E-state index in [0.717, 1.165) is 5.56 Å². The van der Waals surface area contributed by atoms with E-state index in [9.17, 15) is 9.18 Å². The van der Waals surface area contributed by atoms with E-state index in [2.05, 4.69) is 21.0 Å². The first-order valence-corrected chi connectivity index (χ1v) is 5.16. The summed E-state index contributed by atoms with van der Waals surface area (Å²) in [5.74, 6) is -0.373. The molecule has 5 heteroatoms. The average Bonchev–Trinajstić information content (AvgIpc) is 2.52. The number of hydrazone groups is 1. The molecule has 0 fully saturated rings. The zero-order valence-electron chi connectivity index (χ0n) is 8.00. The van der Waals surface area contributed by atoms with Crippen molar-refractivity contribution in [2.24, 2.45) is 5.10 Å². The van der Waals surface area contributed by atoms with Crippen molar-refractivity contribution >= 4 is 27.5 Å². The van der Waals surface area contributed by atoms with E-state index in [-0.39, 0.29) is 18.1 Å². The minimum atomic E-state index is -0.322. The zero-order chi connectivity index (χ0) is 11.0. The Hall–Kier alpha value is -1.23. The second-order valence-corrected chi connectivity index (χ2v) is 4.12. The summed E-state index contributed by atoms with van der Waals surface area (Å²) in [6, 6.07) is 4.59. The molecule has 0 aliphatic carbocycles. The smallest absolute Gasteiger partial charge is 0.248 e. The van der Waals surface area contributed by atoms with Crippen molar-refractivity contribution in [3.05, 3.63) is 34.1 Å². The summed E-state index contributed by atoms with van der Waals surface area (Å²) in [5.41, 5.74) is 1.43. The lowest BCUT2D eigenvalue weighted by Crippen LogP contribution is -2.14. The highest BCUT2D eigenvalue weighted by molar-refractivity contribution is 9.10. The first-order chi connectivity index (χ1) is 7.08.